The van der Waals surface area contributed by atoms with E-state index in [-0.39, 0.29) is 5.75 Å². The smallest absolute Gasteiger partial charge is 0.233 e. The summed E-state index contributed by atoms with van der Waals surface area (Å²) in [5.41, 5.74) is 2.13. The van der Waals surface area contributed by atoms with Gasteiger partial charge in [-0.2, -0.15) is 0 Å². The van der Waals surface area contributed by atoms with Crippen molar-refractivity contribution in [3.05, 3.63) is 47.6 Å². The van der Waals surface area contributed by atoms with Crippen LogP contribution in [0.5, 0.6) is 0 Å². The molecule has 1 aromatic carbocycles. The summed E-state index contributed by atoms with van der Waals surface area (Å²) in [4.78, 5) is 8.80. The van der Waals surface area contributed by atoms with Crippen molar-refractivity contribution in [2.24, 2.45) is 0 Å². The fourth-order valence-corrected chi connectivity index (χ4v) is 4.27. The minimum atomic E-state index is -3.31. The SMILES string of the molecule is CCCS(=O)(=O)Nc1ccc(N2CCN(c3cccc(Cl)c3)CC2)cn1. The van der Waals surface area contributed by atoms with Crippen LogP contribution in [0.15, 0.2) is 42.6 Å². The Morgan fingerprint density at radius 3 is 2.35 bits per heavy atom. The largest absolute Gasteiger partial charge is 0.368 e. The van der Waals surface area contributed by atoms with Crippen LogP contribution in [0.3, 0.4) is 0 Å². The molecule has 26 heavy (non-hydrogen) atoms. The van der Waals surface area contributed by atoms with Crippen LogP contribution in [0.2, 0.25) is 5.02 Å². The molecule has 1 N–H and O–H groups in total. The van der Waals surface area contributed by atoms with Crippen molar-refractivity contribution in [1.29, 1.82) is 0 Å². The second-order valence-corrected chi connectivity index (χ2v) is 8.55. The van der Waals surface area contributed by atoms with Crippen molar-refractivity contribution in [2.45, 2.75) is 13.3 Å². The number of benzene rings is 1. The molecule has 8 heteroatoms. The van der Waals surface area contributed by atoms with E-state index < -0.39 is 10.0 Å². The highest BCUT2D eigenvalue weighted by molar-refractivity contribution is 7.92. The zero-order valence-corrected chi connectivity index (χ0v) is 16.3. The molecule has 6 nitrogen and oxygen atoms in total. The van der Waals surface area contributed by atoms with Crippen LogP contribution in [-0.2, 0) is 10.0 Å². The predicted molar refractivity (Wildman–Crippen MR) is 108 cm³/mol. The highest BCUT2D eigenvalue weighted by Gasteiger charge is 2.18. The summed E-state index contributed by atoms with van der Waals surface area (Å²) in [6, 6.07) is 11.5. The second-order valence-electron chi connectivity index (χ2n) is 6.28. The Kier molecular flexibility index (Phi) is 5.88. The number of hydrogen-bond acceptors (Lipinski definition) is 5. The maximum absolute atomic E-state index is 11.8. The van der Waals surface area contributed by atoms with Crippen LogP contribution < -0.4 is 14.5 Å². The average Bonchev–Trinajstić information content (AvgIpc) is 2.62. The number of aromatic nitrogens is 1. The number of hydrogen-bond donors (Lipinski definition) is 1. The summed E-state index contributed by atoms with van der Waals surface area (Å²) >= 11 is 6.07. The van der Waals surface area contributed by atoms with Crippen molar-refractivity contribution < 1.29 is 8.42 Å². The van der Waals surface area contributed by atoms with E-state index >= 15 is 0 Å². The molecule has 1 saturated heterocycles. The minimum Gasteiger partial charge on any atom is -0.368 e. The van der Waals surface area contributed by atoms with E-state index in [2.05, 4.69) is 25.6 Å². The Labute approximate surface area is 159 Å². The summed E-state index contributed by atoms with van der Waals surface area (Å²) in [5.74, 6) is 0.460. The van der Waals surface area contributed by atoms with E-state index in [0.717, 1.165) is 42.6 Å². The van der Waals surface area contributed by atoms with Gasteiger partial charge in [0.1, 0.15) is 5.82 Å². The molecule has 1 aliphatic heterocycles. The van der Waals surface area contributed by atoms with Crippen molar-refractivity contribution in [3.8, 4) is 0 Å². The summed E-state index contributed by atoms with van der Waals surface area (Å²) in [6.07, 6.45) is 2.29. The maximum atomic E-state index is 11.8. The van der Waals surface area contributed by atoms with Crippen LogP contribution in [0, 0.1) is 0 Å². The number of rotatable bonds is 6. The number of anilines is 3. The van der Waals surface area contributed by atoms with Crippen molar-refractivity contribution in [2.75, 3.05) is 46.5 Å². The molecule has 1 aliphatic rings. The molecule has 0 radical (unpaired) electrons. The summed E-state index contributed by atoms with van der Waals surface area (Å²) in [7, 11) is -3.31. The monoisotopic (exact) mass is 394 g/mol. The van der Waals surface area contributed by atoms with Gasteiger partial charge in [-0.1, -0.05) is 24.6 Å². The van der Waals surface area contributed by atoms with E-state index in [1.165, 1.54) is 0 Å². The number of halogens is 1. The first-order chi connectivity index (χ1) is 12.5. The molecule has 0 amide bonds. The van der Waals surface area contributed by atoms with Gasteiger partial charge in [0.2, 0.25) is 10.0 Å². The molecule has 3 rings (SSSR count). The second kappa shape index (κ2) is 8.14. The fraction of sp³-hybridized carbons (Fsp3) is 0.389. The third kappa shape index (κ3) is 4.80. The Bertz CT molecular complexity index is 835. The molecule has 140 valence electrons. The molecule has 0 atom stereocenters. The highest BCUT2D eigenvalue weighted by Crippen LogP contribution is 2.23. The van der Waals surface area contributed by atoms with E-state index in [1.807, 2.05) is 31.2 Å². The van der Waals surface area contributed by atoms with Crippen LogP contribution >= 0.6 is 11.6 Å². The van der Waals surface area contributed by atoms with Gasteiger partial charge in [-0.15, -0.1) is 0 Å². The quantitative estimate of drug-likeness (QED) is 0.814. The van der Waals surface area contributed by atoms with Crippen molar-refractivity contribution in [1.82, 2.24) is 4.98 Å². The van der Waals surface area contributed by atoms with Crippen LogP contribution in [0.4, 0.5) is 17.2 Å². The Balaban J connectivity index is 1.59. The molecular formula is C18H23ClN4O2S. The van der Waals surface area contributed by atoms with Crippen LogP contribution in [0.25, 0.3) is 0 Å². The van der Waals surface area contributed by atoms with E-state index in [0.29, 0.717) is 12.2 Å². The van der Waals surface area contributed by atoms with Gasteiger partial charge in [-0.3, -0.25) is 4.72 Å². The molecular weight excluding hydrogens is 372 g/mol. The lowest BCUT2D eigenvalue weighted by molar-refractivity contribution is 0.599. The third-order valence-corrected chi connectivity index (χ3v) is 6.00. The standard InChI is InChI=1S/C18H23ClN4O2S/c1-2-12-26(24,25)21-18-7-6-17(14-20-18)23-10-8-22(9-11-23)16-5-3-4-15(19)13-16/h3-7,13-14H,2,8-12H2,1H3,(H,20,21). The first kappa shape index (κ1) is 18.8. The highest BCUT2D eigenvalue weighted by atomic mass is 35.5. The lowest BCUT2D eigenvalue weighted by Crippen LogP contribution is -2.46. The van der Waals surface area contributed by atoms with E-state index in [1.54, 1.807) is 12.3 Å². The number of piperazine rings is 1. The normalized spacial score (nSPS) is 15.2. The Morgan fingerprint density at radius 2 is 1.77 bits per heavy atom. The molecule has 1 aromatic heterocycles. The van der Waals surface area contributed by atoms with Gasteiger partial charge in [-0.05, 0) is 36.8 Å². The molecule has 2 heterocycles. The number of nitrogens with zero attached hydrogens (tertiary/aromatic N) is 3. The van der Waals surface area contributed by atoms with Gasteiger partial charge in [0.25, 0.3) is 0 Å². The van der Waals surface area contributed by atoms with Gasteiger partial charge in [0.05, 0.1) is 17.6 Å². The summed E-state index contributed by atoms with van der Waals surface area (Å²) < 4.78 is 26.1. The van der Waals surface area contributed by atoms with E-state index in [9.17, 15) is 8.42 Å². The molecule has 0 spiro atoms. The van der Waals surface area contributed by atoms with Gasteiger partial charge in [0.15, 0.2) is 0 Å². The van der Waals surface area contributed by atoms with Gasteiger partial charge < -0.3 is 9.80 Å². The average molecular weight is 395 g/mol. The first-order valence-corrected chi connectivity index (χ1v) is 10.7. The predicted octanol–water partition coefficient (Wildman–Crippen LogP) is 3.21. The fourth-order valence-electron chi connectivity index (χ4n) is 3.01. The molecule has 0 unspecified atom stereocenters. The maximum Gasteiger partial charge on any atom is 0.233 e. The van der Waals surface area contributed by atoms with Crippen LogP contribution in [0.1, 0.15) is 13.3 Å². The molecule has 1 fully saturated rings. The summed E-state index contributed by atoms with van der Waals surface area (Å²) in [5, 5.41) is 0.746. The molecule has 0 saturated carbocycles. The number of nitrogens with one attached hydrogen (secondary N) is 1. The Hall–Kier alpha value is -1.99. The Morgan fingerprint density at radius 1 is 1.08 bits per heavy atom. The zero-order chi connectivity index (χ0) is 18.6. The van der Waals surface area contributed by atoms with E-state index in [4.69, 9.17) is 11.6 Å². The van der Waals surface area contributed by atoms with Gasteiger partial charge >= 0.3 is 0 Å². The van der Waals surface area contributed by atoms with Crippen molar-refractivity contribution >= 4 is 38.8 Å². The van der Waals surface area contributed by atoms with Gasteiger partial charge in [-0.25, -0.2) is 13.4 Å². The first-order valence-electron chi connectivity index (χ1n) is 8.69. The zero-order valence-electron chi connectivity index (χ0n) is 14.7. The lowest BCUT2D eigenvalue weighted by Gasteiger charge is -2.37. The molecule has 0 aliphatic carbocycles. The van der Waals surface area contributed by atoms with Crippen molar-refractivity contribution in [3.63, 3.8) is 0 Å². The minimum absolute atomic E-state index is 0.0991. The van der Waals surface area contributed by atoms with Gasteiger partial charge in [0, 0.05) is 36.9 Å². The molecule has 2 aromatic rings. The van der Waals surface area contributed by atoms with Crippen LogP contribution in [-0.4, -0.2) is 45.3 Å². The third-order valence-electron chi connectivity index (χ3n) is 4.30. The topological polar surface area (TPSA) is 65.5 Å². The molecule has 0 bridgehead atoms. The summed E-state index contributed by atoms with van der Waals surface area (Å²) in [6.45, 7) is 5.36. The number of pyridine rings is 1. The lowest BCUT2D eigenvalue weighted by atomic mass is 10.2. The number of sulfonamides is 1.